The van der Waals surface area contributed by atoms with Crippen molar-refractivity contribution in [2.45, 2.75) is 46.1 Å². The third-order valence-electron chi connectivity index (χ3n) is 1.68. The van der Waals surface area contributed by atoms with Crippen molar-refractivity contribution in [1.82, 2.24) is 5.32 Å². The largest absolute Gasteiger partial charge is 0.315 e. The monoisotopic (exact) mass is 183 g/mol. The van der Waals surface area contributed by atoms with Gasteiger partial charge in [0.15, 0.2) is 0 Å². The average Bonchev–Trinajstić information content (AvgIpc) is 1.96. The zero-order chi connectivity index (χ0) is 10.3. The van der Waals surface area contributed by atoms with Crippen molar-refractivity contribution in [2.75, 3.05) is 6.54 Å². The van der Waals surface area contributed by atoms with Gasteiger partial charge in [-0.2, -0.15) is 0 Å². The summed E-state index contributed by atoms with van der Waals surface area (Å²) in [7, 11) is 0. The van der Waals surface area contributed by atoms with E-state index in [9.17, 15) is 4.79 Å². The molecule has 0 spiro atoms. The van der Waals surface area contributed by atoms with Crippen molar-refractivity contribution in [3.63, 3.8) is 0 Å². The van der Waals surface area contributed by atoms with E-state index in [2.05, 4.69) is 25.7 Å². The molecule has 0 bridgehead atoms. The molecule has 2 nitrogen and oxygen atoms in total. The number of Topliss-reactive ketones (excluding diaryl/α,β-unsaturated/α-hetero) is 1. The molecule has 0 aromatic heterocycles. The summed E-state index contributed by atoms with van der Waals surface area (Å²) in [5.74, 6) is 0.304. The van der Waals surface area contributed by atoms with E-state index >= 15 is 0 Å². The molecule has 1 N–H and O–H groups in total. The third-order valence-corrected chi connectivity index (χ3v) is 1.68. The highest BCUT2D eigenvalue weighted by atomic mass is 16.1. The summed E-state index contributed by atoms with van der Waals surface area (Å²) in [4.78, 5) is 11.2. The van der Waals surface area contributed by atoms with E-state index in [1.807, 2.05) is 6.92 Å². The molecule has 0 aliphatic heterocycles. The van der Waals surface area contributed by atoms with Crippen molar-refractivity contribution >= 4 is 5.78 Å². The summed E-state index contributed by atoms with van der Waals surface area (Å²) >= 11 is 0. The van der Waals surface area contributed by atoms with Crippen molar-refractivity contribution in [3.8, 4) is 0 Å². The van der Waals surface area contributed by atoms with E-state index in [4.69, 9.17) is 0 Å². The van der Waals surface area contributed by atoms with E-state index in [0.717, 1.165) is 18.5 Å². The number of carbonyl (C=O) groups is 1. The second-order valence-electron chi connectivity index (χ2n) is 3.88. The lowest BCUT2D eigenvalue weighted by Gasteiger charge is -2.06. The number of hydrogen-bond acceptors (Lipinski definition) is 2. The van der Waals surface area contributed by atoms with Gasteiger partial charge in [0.1, 0.15) is 5.78 Å². The lowest BCUT2D eigenvalue weighted by atomic mass is 10.1. The highest BCUT2D eigenvalue weighted by Gasteiger charge is 2.01. The summed E-state index contributed by atoms with van der Waals surface area (Å²) in [5, 5.41) is 3.28. The molecule has 0 aromatic rings. The zero-order valence-electron chi connectivity index (χ0n) is 9.02. The minimum Gasteiger partial charge on any atom is -0.315 e. The van der Waals surface area contributed by atoms with E-state index in [0.29, 0.717) is 24.7 Å². The van der Waals surface area contributed by atoms with Crippen LogP contribution in [0.15, 0.2) is 12.2 Å². The van der Waals surface area contributed by atoms with Crippen molar-refractivity contribution < 1.29 is 4.79 Å². The standard InChI is InChI=1S/C11H21NO/c1-9(2)8-11(13)6-5-7-12-10(3)4/h10,12H,1,5-8H2,2-4H3. The molecule has 76 valence electrons. The molecule has 0 rings (SSSR count). The Morgan fingerprint density at radius 1 is 1.46 bits per heavy atom. The molecule has 0 aromatic carbocycles. The van der Waals surface area contributed by atoms with E-state index in [1.54, 1.807) is 0 Å². The van der Waals surface area contributed by atoms with E-state index < -0.39 is 0 Å². The van der Waals surface area contributed by atoms with Crippen LogP contribution in [0.25, 0.3) is 0 Å². The second-order valence-corrected chi connectivity index (χ2v) is 3.88. The van der Waals surface area contributed by atoms with Gasteiger partial charge in [0.2, 0.25) is 0 Å². The third kappa shape index (κ3) is 9.28. The molecule has 2 heteroatoms. The van der Waals surface area contributed by atoms with Gasteiger partial charge in [0, 0.05) is 18.9 Å². The first-order chi connectivity index (χ1) is 6.02. The molecular formula is C11H21NO. The molecule has 0 unspecified atom stereocenters. The summed E-state index contributed by atoms with van der Waals surface area (Å²) < 4.78 is 0. The number of carbonyl (C=O) groups excluding carboxylic acids is 1. The highest BCUT2D eigenvalue weighted by Crippen LogP contribution is 2.01. The summed E-state index contributed by atoms with van der Waals surface area (Å²) in [6.07, 6.45) is 2.15. The molecule has 0 radical (unpaired) electrons. The Hall–Kier alpha value is -0.630. The molecule has 0 saturated carbocycles. The zero-order valence-corrected chi connectivity index (χ0v) is 9.02. The molecule has 0 aliphatic carbocycles. The fourth-order valence-electron chi connectivity index (χ4n) is 1.10. The first-order valence-corrected chi connectivity index (χ1v) is 4.92. The maximum Gasteiger partial charge on any atom is 0.136 e. The molecule has 13 heavy (non-hydrogen) atoms. The topological polar surface area (TPSA) is 29.1 Å². The molecule has 0 amide bonds. The maximum atomic E-state index is 11.2. The highest BCUT2D eigenvalue weighted by molar-refractivity contribution is 5.80. The van der Waals surface area contributed by atoms with Gasteiger partial charge in [0.05, 0.1) is 0 Å². The predicted octanol–water partition coefficient (Wildman–Crippen LogP) is 2.30. The fraction of sp³-hybridized carbons (Fsp3) is 0.727. The Kier molecular flexibility index (Phi) is 6.51. The van der Waals surface area contributed by atoms with Crippen LogP contribution >= 0.6 is 0 Å². The summed E-state index contributed by atoms with van der Waals surface area (Å²) in [6.45, 7) is 10.8. The Morgan fingerprint density at radius 2 is 2.08 bits per heavy atom. The van der Waals surface area contributed by atoms with Crippen LogP contribution in [0.5, 0.6) is 0 Å². The lowest BCUT2D eigenvalue weighted by molar-refractivity contribution is -0.118. The molecule has 0 atom stereocenters. The minimum atomic E-state index is 0.304. The van der Waals surface area contributed by atoms with Crippen molar-refractivity contribution in [3.05, 3.63) is 12.2 Å². The van der Waals surface area contributed by atoms with Crippen LogP contribution in [0.1, 0.15) is 40.0 Å². The van der Waals surface area contributed by atoms with Gasteiger partial charge in [-0.05, 0) is 19.9 Å². The molecule has 0 fully saturated rings. The lowest BCUT2D eigenvalue weighted by Crippen LogP contribution is -2.24. The quantitative estimate of drug-likeness (QED) is 0.484. The Bertz CT molecular complexity index is 173. The van der Waals surface area contributed by atoms with Gasteiger partial charge in [-0.1, -0.05) is 26.0 Å². The molecule has 0 saturated heterocycles. The number of allylic oxidation sites excluding steroid dienone is 1. The van der Waals surface area contributed by atoms with Crippen LogP contribution in [-0.2, 0) is 4.79 Å². The van der Waals surface area contributed by atoms with Crippen LogP contribution in [0.3, 0.4) is 0 Å². The Morgan fingerprint density at radius 3 is 2.54 bits per heavy atom. The fourth-order valence-corrected chi connectivity index (χ4v) is 1.10. The van der Waals surface area contributed by atoms with Gasteiger partial charge < -0.3 is 5.32 Å². The average molecular weight is 183 g/mol. The maximum absolute atomic E-state index is 11.2. The molecule has 0 aliphatic rings. The van der Waals surface area contributed by atoms with Crippen LogP contribution in [0, 0.1) is 0 Å². The van der Waals surface area contributed by atoms with E-state index in [1.165, 1.54) is 0 Å². The predicted molar refractivity (Wildman–Crippen MR) is 56.8 cm³/mol. The number of rotatable bonds is 7. The van der Waals surface area contributed by atoms with Crippen molar-refractivity contribution in [2.24, 2.45) is 0 Å². The number of hydrogen-bond donors (Lipinski definition) is 1. The smallest absolute Gasteiger partial charge is 0.136 e. The second kappa shape index (κ2) is 6.84. The van der Waals surface area contributed by atoms with Crippen LogP contribution in [-0.4, -0.2) is 18.4 Å². The van der Waals surface area contributed by atoms with Crippen molar-refractivity contribution in [1.29, 1.82) is 0 Å². The SMILES string of the molecule is C=C(C)CC(=O)CCCNC(C)C. The number of nitrogens with one attached hydrogen (secondary N) is 1. The van der Waals surface area contributed by atoms with Crippen LogP contribution in [0.2, 0.25) is 0 Å². The molecular weight excluding hydrogens is 162 g/mol. The number of ketones is 1. The van der Waals surface area contributed by atoms with Gasteiger partial charge in [-0.15, -0.1) is 0 Å². The first kappa shape index (κ1) is 12.4. The minimum absolute atomic E-state index is 0.304. The molecule has 0 heterocycles. The van der Waals surface area contributed by atoms with Gasteiger partial charge in [-0.25, -0.2) is 0 Å². The van der Waals surface area contributed by atoms with Gasteiger partial charge in [0.25, 0.3) is 0 Å². The van der Waals surface area contributed by atoms with E-state index in [-0.39, 0.29) is 0 Å². The van der Waals surface area contributed by atoms with Crippen LogP contribution in [0.4, 0.5) is 0 Å². The van der Waals surface area contributed by atoms with Gasteiger partial charge in [-0.3, -0.25) is 4.79 Å². The normalized spacial score (nSPS) is 10.5. The van der Waals surface area contributed by atoms with Crippen LogP contribution < -0.4 is 5.32 Å². The first-order valence-electron chi connectivity index (χ1n) is 4.92. The Balaban J connectivity index is 3.32. The Labute approximate surface area is 81.4 Å². The summed E-state index contributed by atoms with van der Waals surface area (Å²) in [6, 6.07) is 0.510. The van der Waals surface area contributed by atoms with Gasteiger partial charge >= 0.3 is 0 Å². The summed E-state index contributed by atoms with van der Waals surface area (Å²) in [5.41, 5.74) is 0.960.